The summed E-state index contributed by atoms with van der Waals surface area (Å²) in [6.07, 6.45) is 8.23. The number of thioether (sulfide) groups is 2. The number of hydrogen-bond donors (Lipinski definition) is 2. The Morgan fingerprint density at radius 1 is 1.00 bits per heavy atom. The lowest BCUT2D eigenvalue weighted by molar-refractivity contribution is -0.115. The third-order valence-electron chi connectivity index (χ3n) is 6.19. The van der Waals surface area contributed by atoms with Crippen LogP contribution >= 0.6 is 35.1 Å². The van der Waals surface area contributed by atoms with Crippen molar-refractivity contribution < 1.29 is 9.59 Å². The predicted molar refractivity (Wildman–Crippen MR) is 156 cm³/mol. The molecule has 5 nitrogen and oxygen atoms in total. The van der Waals surface area contributed by atoms with Gasteiger partial charge in [0.2, 0.25) is 5.91 Å². The maximum Gasteiger partial charge on any atom is 0.326 e. The average molecular weight is 548 g/mol. The Kier molecular flexibility index (Phi) is 7.65. The van der Waals surface area contributed by atoms with E-state index in [4.69, 9.17) is 11.6 Å². The van der Waals surface area contributed by atoms with E-state index in [2.05, 4.69) is 28.9 Å². The molecule has 0 fully saturated rings. The Morgan fingerprint density at radius 2 is 1.81 bits per heavy atom. The number of anilines is 3. The first-order chi connectivity index (χ1) is 17.9. The summed E-state index contributed by atoms with van der Waals surface area (Å²) in [6, 6.07) is 20.7. The summed E-state index contributed by atoms with van der Waals surface area (Å²) in [6.45, 7) is 3.79. The highest BCUT2D eigenvalue weighted by Crippen LogP contribution is 2.43. The lowest BCUT2D eigenvalue weighted by atomic mass is 10.1. The molecule has 8 heteroatoms. The van der Waals surface area contributed by atoms with Gasteiger partial charge in [-0.15, -0.1) is 23.5 Å². The highest BCUT2D eigenvalue weighted by Gasteiger charge is 2.36. The standard InChI is InChI=1S/C29H26ClN3O2S2/c1-18-14-15-20(30)16-23(18)32-28(34)19(2)36-22-9-7-8-21(17-22)31-29(35)33-24-10-3-5-12-26(24)37-27-13-6-4-11-25(27)33/h3-17,19,24,26H,1-2H3,(H,31,35)(H,32,34). The normalized spacial score (nSPS) is 18.5. The minimum absolute atomic E-state index is 0.0684. The van der Waals surface area contributed by atoms with Gasteiger partial charge in [-0.05, 0) is 61.9 Å². The number of para-hydroxylation sites is 1. The van der Waals surface area contributed by atoms with Gasteiger partial charge in [-0.1, -0.05) is 60.2 Å². The SMILES string of the molecule is Cc1ccc(Cl)cc1NC(=O)C(C)Sc1cccc(NC(=O)N2c3ccccc3SC3C=CC=CC32)c1. The Labute approximate surface area is 230 Å². The van der Waals surface area contributed by atoms with Gasteiger partial charge in [-0.3, -0.25) is 9.69 Å². The summed E-state index contributed by atoms with van der Waals surface area (Å²) in [7, 11) is 0. The zero-order chi connectivity index (χ0) is 25.9. The van der Waals surface area contributed by atoms with Crippen molar-refractivity contribution in [1.29, 1.82) is 0 Å². The first kappa shape index (κ1) is 25.5. The van der Waals surface area contributed by atoms with E-state index < -0.39 is 0 Å². The van der Waals surface area contributed by atoms with Crippen molar-refractivity contribution in [1.82, 2.24) is 0 Å². The van der Waals surface area contributed by atoms with E-state index in [-0.39, 0.29) is 28.5 Å². The predicted octanol–water partition coefficient (Wildman–Crippen LogP) is 7.78. The van der Waals surface area contributed by atoms with Gasteiger partial charge < -0.3 is 10.6 Å². The van der Waals surface area contributed by atoms with E-state index >= 15 is 0 Å². The first-order valence-corrected chi connectivity index (χ1v) is 14.1. The molecule has 3 unspecified atom stereocenters. The summed E-state index contributed by atoms with van der Waals surface area (Å²) >= 11 is 9.29. The van der Waals surface area contributed by atoms with Crippen LogP contribution in [0.3, 0.4) is 0 Å². The van der Waals surface area contributed by atoms with E-state index in [1.165, 1.54) is 11.8 Å². The Balaban J connectivity index is 1.29. The van der Waals surface area contributed by atoms with Crippen LogP contribution in [0.1, 0.15) is 12.5 Å². The van der Waals surface area contributed by atoms with E-state index in [0.717, 1.165) is 21.0 Å². The smallest absolute Gasteiger partial charge is 0.325 e. The van der Waals surface area contributed by atoms with Crippen LogP contribution in [-0.4, -0.2) is 28.5 Å². The van der Waals surface area contributed by atoms with E-state index in [1.54, 1.807) is 23.9 Å². The van der Waals surface area contributed by atoms with Gasteiger partial charge >= 0.3 is 6.03 Å². The van der Waals surface area contributed by atoms with Crippen LogP contribution in [0.5, 0.6) is 0 Å². The molecule has 3 amide bonds. The molecule has 37 heavy (non-hydrogen) atoms. The number of fused-ring (bicyclic) bond motifs is 2. The van der Waals surface area contributed by atoms with Crippen LogP contribution in [0.15, 0.2) is 101 Å². The first-order valence-electron chi connectivity index (χ1n) is 11.9. The number of rotatable bonds is 5. The van der Waals surface area contributed by atoms with E-state index in [0.29, 0.717) is 16.4 Å². The maximum atomic E-state index is 13.6. The van der Waals surface area contributed by atoms with Crippen molar-refractivity contribution in [2.24, 2.45) is 0 Å². The average Bonchev–Trinajstić information content (AvgIpc) is 2.89. The number of carbonyl (C=O) groups is 2. The topological polar surface area (TPSA) is 61.4 Å². The zero-order valence-corrected chi connectivity index (χ0v) is 22.7. The molecule has 3 aromatic carbocycles. The second-order valence-electron chi connectivity index (χ2n) is 8.85. The lowest BCUT2D eigenvalue weighted by Gasteiger charge is -2.40. The van der Waals surface area contributed by atoms with Gasteiger partial charge in [0.1, 0.15) is 0 Å². The Bertz CT molecular complexity index is 1410. The van der Waals surface area contributed by atoms with Crippen LogP contribution in [0.25, 0.3) is 0 Å². The summed E-state index contributed by atoms with van der Waals surface area (Å²) in [5, 5.41) is 6.42. The summed E-state index contributed by atoms with van der Waals surface area (Å²) in [5.74, 6) is -0.115. The van der Waals surface area contributed by atoms with Crippen molar-refractivity contribution in [2.75, 3.05) is 15.5 Å². The van der Waals surface area contributed by atoms with Crippen LogP contribution in [0.4, 0.5) is 21.9 Å². The quantitative estimate of drug-likeness (QED) is 0.320. The number of amides is 3. The Hall–Kier alpha value is -3.13. The number of nitrogens with one attached hydrogen (secondary N) is 2. The second-order valence-corrected chi connectivity index (χ2v) is 11.9. The zero-order valence-electron chi connectivity index (χ0n) is 20.4. The number of aryl methyl sites for hydroxylation is 1. The fourth-order valence-corrected chi connectivity index (χ4v) is 6.63. The number of nitrogens with zero attached hydrogens (tertiary/aromatic N) is 1. The number of urea groups is 1. The molecular formula is C29H26ClN3O2S2. The van der Waals surface area contributed by atoms with Crippen molar-refractivity contribution in [3.05, 3.63) is 102 Å². The molecular weight excluding hydrogens is 522 g/mol. The van der Waals surface area contributed by atoms with Crippen LogP contribution < -0.4 is 15.5 Å². The fourth-order valence-electron chi connectivity index (χ4n) is 4.28. The van der Waals surface area contributed by atoms with Crippen molar-refractivity contribution in [2.45, 2.75) is 40.2 Å². The summed E-state index contributed by atoms with van der Waals surface area (Å²) in [5.41, 5.74) is 3.23. The highest BCUT2D eigenvalue weighted by atomic mass is 35.5. The number of hydrogen-bond acceptors (Lipinski definition) is 4. The molecule has 1 heterocycles. The molecule has 5 rings (SSSR count). The van der Waals surface area contributed by atoms with Gasteiger partial charge in [-0.25, -0.2) is 4.79 Å². The third kappa shape index (κ3) is 5.74. The highest BCUT2D eigenvalue weighted by molar-refractivity contribution is 8.00. The molecule has 0 saturated carbocycles. The number of carbonyl (C=O) groups excluding carboxylic acids is 2. The fraction of sp³-hybridized carbons (Fsp3) is 0.172. The number of allylic oxidation sites excluding steroid dienone is 2. The van der Waals surface area contributed by atoms with Gasteiger partial charge in [-0.2, -0.15) is 0 Å². The number of benzene rings is 3. The largest absolute Gasteiger partial charge is 0.326 e. The third-order valence-corrected chi connectivity index (χ3v) is 8.82. The molecule has 2 aliphatic rings. The van der Waals surface area contributed by atoms with Crippen molar-refractivity contribution in [3.63, 3.8) is 0 Å². The molecule has 188 valence electrons. The van der Waals surface area contributed by atoms with E-state index in [9.17, 15) is 9.59 Å². The minimum atomic E-state index is -0.352. The van der Waals surface area contributed by atoms with Gasteiger partial charge in [0.15, 0.2) is 0 Å². The summed E-state index contributed by atoms with van der Waals surface area (Å²) in [4.78, 5) is 30.2. The van der Waals surface area contributed by atoms with Crippen LogP contribution in [-0.2, 0) is 4.79 Å². The van der Waals surface area contributed by atoms with Gasteiger partial charge in [0.05, 0.1) is 22.2 Å². The van der Waals surface area contributed by atoms with Gasteiger partial charge in [0, 0.05) is 26.2 Å². The molecule has 0 saturated heterocycles. The lowest BCUT2D eigenvalue weighted by Crippen LogP contribution is -2.49. The molecule has 0 spiro atoms. The minimum Gasteiger partial charge on any atom is -0.325 e. The molecule has 0 aromatic heterocycles. The van der Waals surface area contributed by atoms with Crippen LogP contribution in [0, 0.1) is 6.92 Å². The molecule has 0 bridgehead atoms. The molecule has 2 N–H and O–H groups in total. The van der Waals surface area contributed by atoms with Crippen LogP contribution in [0.2, 0.25) is 5.02 Å². The molecule has 1 aliphatic carbocycles. The van der Waals surface area contributed by atoms with Gasteiger partial charge in [0.25, 0.3) is 0 Å². The molecule has 0 radical (unpaired) electrons. The van der Waals surface area contributed by atoms with Crippen molar-refractivity contribution >= 4 is 64.1 Å². The molecule has 3 atom stereocenters. The summed E-state index contributed by atoms with van der Waals surface area (Å²) < 4.78 is 0. The molecule has 1 aliphatic heterocycles. The van der Waals surface area contributed by atoms with Crippen molar-refractivity contribution in [3.8, 4) is 0 Å². The Morgan fingerprint density at radius 3 is 2.68 bits per heavy atom. The number of halogens is 1. The second kappa shape index (κ2) is 11.1. The monoisotopic (exact) mass is 547 g/mol. The maximum absolute atomic E-state index is 13.6. The molecule has 3 aromatic rings. The van der Waals surface area contributed by atoms with E-state index in [1.807, 2.05) is 79.4 Å².